The maximum Gasteiger partial charge on any atom is 0 e. The van der Waals surface area contributed by atoms with Gasteiger partial charge in [0.1, 0.15) is 0 Å². The summed E-state index contributed by atoms with van der Waals surface area (Å²) in [4.78, 5) is 6.19. The van der Waals surface area contributed by atoms with Crippen LogP contribution in [0.5, 0.6) is 0 Å². The molecular formula is C6FeK4N6. The van der Waals surface area contributed by atoms with Crippen molar-refractivity contribution in [2.45, 2.75) is 0 Å². The van der Waals surface area contributed by atoms with Crippen molar-refractivity contribution in [2.24, 2.45) is 0 Å². The third-order valence-corrected chi connectivity index (χ3v) is 4.89. The molecule has 0 saturated heterocycles. The number of rotatable bonds is 0. The summed E-state index contributed by atoms with van der Waals surface area (Å²) in [5.74, 6) is 0. The second-order valence-electron chi connectivity index (χ2n) is 1.80. The van der Waals surface area contributed by atoms with Crippen LogP contribution in [-0.2, 0) is 10.7 Å². The summed E-state index contributed by atoms with van der Waals surface area (Å²) in [6.45, 7) is 0. The van der Waals surface area contributed by atoms with Crippen molar-refractivity contribution in [3.05, 3.63) is 0 Å². The van der Waals surface area contributed by atoms with Crippen LogP contribution in [0.4, 0.5) is 0 Å². The first-order chi connectivity index (χ1) is 5.97. The van der Waals surface area contributed by atoms with Crippen LogP contribution in [0.1, 0.15) is 0 Å². The predicted octanol–water partition coefficient (Wildman–Crippen LogP) is -1.43. The summed E-state index contributed by atoms with van der Waals surface area (Å²) in [6.07, 6.45) is 0. The zero-order chi connectivity index (χ0) is 10.7. The largest absolute Gasteiger partial charge is 0 e. The molecule has 0 aliphatic rings. The first kappa shape index (κ1) is 32.8. The van der Waals surface area contributed by atoms with Crippen LogP contribution in [0.15, 0.2) is 0 Å². The van der Waals surface area contributed by atoms with Crippen LogP contribution in [-0.4, -0.2) is 206 Å². The van der Waals surface area contributed by atoms with Gasteiger partial charge in [-0.15, -0.1) is 0 Å². The number of nitriles is 6. The van der Waals surface area contributed by atoms with E-state index in [2.05, 4.69) is 0 Å². The van der Waals surface area contributed by atoms with E-state index in [0.717, 1.165) is 29.8 Å². The van der Waals surface area contributed by atoms with E-state index in [1.807, 2.05) is 0 Å². The normalized spacial score (nSPS) is 10.2. The maximum atomic E-state index is 8.58. The van der Waals surface area contributed by atoms with Gasteiger partial charge in [0.05, 0.1) is 0 Å². The summed E-state index contributed by atoms with van der Waals surface area (Å²) in [6, 6.07) is 0. The molecular weight excluding hydrogens is 368 g/mol. The van der Waals surface area contributed by atoms with Crippen molar-refractivity contribution in [2.75, 3.05) is 0 Å². The van der Waals surface area contributed by atoms with Crippen LogP contribution in [0, 0.1) is 61.4 Å². The monoisotopic (exact) mass is 368 g/mol. The van der Waals surface area contributed by atoms with Gasteiger partial charge in [0.25, 0.3) is 0 Å². The van der Waals surface area contributed by atoms with Gasteiger partial charge in [-0.2, -0.15) is 0 Å². The quantitative estimate of drug-likeness (QED) is 0.480. The van der Waals surface area contributed by atoms with Gasteiger partial charge >= 0.3 is 72.1 Å². The van der Waals surface area contributed by atoms with E-state index in [1.165, 1.54) is 0 Å². The molecule has 0 unspecified atom stereocenters. The molecule has 0 N–H and O–H groups in total. The molecule has 0 aromatic carbocycles. The van der Waals surface area contributed by atoms with Crippen molar-refractivity contribution in [1.82, 2.24) is 0 Å². The minimum atomic E-state index is -6.17. The first-order valence-corrected chi connectivity index (χ1v) is 5.71. The average Bonchev–Trinajstić information content (AvgIpc) is 2.26. The molecule has 0 aliphatic heterocycles. The zero-order valence-corrected chi connectivity index (χ0v) is 23.6. The summed E-state index contributed by atoms with van der Waals surface area (Å²) in [5.41, 5.74) is 0. The van der Waals surface area contributed by atoms with Gasteiger partial charge in [-0.25, -0.2) is 0 Å². The fourth-order valence-electron chi connectivity index (χ4n) is 0.265. The van der Waals surface area contributed by atoms with Gasteiger partial charge in [0.2, 0.25) is 0 Å². The SMILES string of the molecule is N#[C][Fe]([C]#N)([C]#N)([C]#N)([C]#N)[C]#N.[K].[K].[K].[K]. The molecule has 66 valence electrons. The van der Waals surface area contributed by atoms with Crippen molar-refractivity contribution < 1.29 is 10.7 Å². The van der Waals surface area contributed by atoms with E-state index in [9.17, 15) is 0 Å². The molecule has 0 atom stereocenters. The van der Waals surface area contributed by atoms with Gasteiger partial charge in [0.15, 0.2) is 0 Å². The number of hydrogen-bond acceptors (Lipinski definition) is 6. The Hall–Kier alpha value is 4.00. The van der Waals surface area contributed by atoms with Crippen molar-refractivity contribution in [3.63, 3.8) is 0 Å². The molecule has 0 bridgehead atoms. The molecule has 6 nitrogen and oxygen atoms in total. The van der Waals surface area contributed by atoms with Gasteiger partial charge in [0, 0.05) is 206 Å². The van der Waals surface area contributed by atoms with E-state index in [1.54, 1.807) is 0 Å². The minimum Gasteiger partial charge on any atom is 0 e. The molecule has 0 aliphatic carbocycles. The molecule has 17 heavy (non-hydrogen) atoms. The summed E-state index contributed by atoms with van der Waals surface area (Å²) in [5, 5.41) is 51.5. The Labute approximate surface area is 268 Å². The second-order valence-corrected chi connectivity index (χ2v) is 7.42. The van der Waals surface area contributed by atoms with Gasteiger partial charge in [-0.3, -0.25) is 0 Å². The van der Waals surface area contributed by atoms with Crippen molar-refractivity contribution in [3.8, 4) is 29.8 Å². The fourth-order valence-corrected chi connectivity index (χ4v) is 1.09. The Balaban J connectivity index is -0.000000120. The Kier molecular flexibility index (Phi) is 22.3. The third kappa shape index (κ3) is 5.61. The fraction of sp³-hybridized carbons (Fsp3) is 0. The van der Waals surface area contributed by atoms with Gasteiger partial charge < -0.3 is 0 Å². The maximum absolute atomic E-state index is 8.58. The average molecular weight is 368 g/mol. The van der Waals surface area contributed by atoms with Crippen LogP contribution in [0.2, 0.25) is 0 Å². The standard InChI is InChI=1S/6CN.Fe.4K/c6*1-2;;;;;. The zero-order valence-electron chi connectivity index (χ0n) is 10.0. The molecule has 0 saturated carbocycles. The third-order valence-electron chi connectivity index (χ3n) is 1.19. The smallest absolute Gasteiger partial charge is 0 e. The molecule has 0 aromatic rings. The Morgan fingerprint density at radius 2 is 0.529 bits per heavy atom. The molecule has 0 aromatic heterocycles. The van der Waals surface area contributed by atoms with Crippen LogP contribution >= 0.6 is 0 Å². The summed E-state index contributed by atoms with van der Waals surface area (Å²) in [7, 11) is -6.17. The van der Waals surface area contributed by atoms with E-state index in [0.29, 0.717) is 0 Å². The molecule has 0 heterocycles. The Morgan fingerprint density at radius 1 is 0.412 bits per heavy atom. The Bertz CT molecular complexity index is 400. The van der Waals surface area contributed by atoms with Gasteiger partial charge in [-0.1, -0.05) is 0 Å². The minimum absolute atomic E-state index is 0. The van der Waals surface area contributed by atoms with E-state index < -0.39 is 10.7 Å². The molecule has 0 fully saturated rings. The van der Waals surface area contributed by atoms with E-state index >= 15 is 0 Å². The number of hydrogen-bond donors (Lipinski definition) is 0. The second kappa shape index (κ2) is 11.6. The number of nitrogens with zero attached hydrogens (tertiary/aromatic N) is 6. The van der Waals surface area contributed by atoms with Crippen LogP contribution < -0.4 is 0 Å². The first-order valence-electron chi connectivity index (χ1n) is 2.40. The molecule has 4 radical (unpaired) electrons. The van der Waals surface area contributed by atoms with E-state index in [4.69, 9.17) is 31.6 Å². The molecule has 0 rings (SSSR count). The molecule has 0 spiro atoms. The summed E-state index contributed by atoms with van der Waals surface area (Å²) < 4.78 is 0. The van der Waals surface area contributed by atoms with Crippen molar-refractivity contribution in [1.29, 1.82) is 31.6 Å². The van der Waals surface area contributed by atoms with E-state index in [-0.39, 0.29) is 206 Å². The Morgan fingerprint density at radius 3 is 0.529 bits per heavy atom. The molecule has 0 amide bonds. The van der Waals surface area contributed by atoms with Crippen LogP contribution in [0.3, 0.4) is 0 Å². The van der Waals surface area contributed by atoms with Crippen LogP contribution in [0.25, 0.3) is 0 Å². The molecule has 11 heteroatoms. The topological polar surface area (TPSA) is 143 Å². The van der Waals surface area contributed by atoms with Gasteiger partial charge in [-0.05, 0) is 0 Å². The van der Waals surface area contributed by atoms with Crippen molar-refractivity contribution >= 4 is 206 Å². The summed E-state index contributed by atoms with van der Waals surface area (Å²) >= 11 is 0. The predicted molar refractivity (Wildman–Crippen MR) is 56.7 cm³/mol.